The van der Waals surface area contributed by atoms with E-state index in [0.717, 1.165) is 90.6 Å². The van der Waals surface area contributed by atoms with Crippen LogP contribution in [0.1, 0.15) is 151 Å². The molecule has 9 rings (SSSR count). The lowest BCUT2D eigenvalue weighted by atomic mass is 9.62. The van der Waals surface area contributed by atoms with Crippen molar-refractivity contribution in [1.82, 2.24) is 4.98 Å². The molecule has 1 aromatic heterocycles. The summed E-state index contributed by atoms with van der Waals surface area (Å²) < 4.78 is 6.17. The van der Waals surface area contributed by atoms with Crippen molar-refractivity contribution in [3.63, 3.8) is 0 Å². The molecule has 6 atom stereocenters. The zero-order valence-electron chi connectivity index (χ0n) is 38.3. The first-order valence-electron chi connectivity index (χ1n) is 24.4. The number of aryl methyl sites for hydroxylation is 1. The topological polar surface area (TPSA) is 192 Å². The number of nitrogens with one attached hydrogen (secondary N) is 1. The third-order valence-electron chi connectivity index (χ3n) is 15.9. The van der Waals surface area contributed by atoms with Gasteiger partial charge in [0.15, 0.2) is 23.1 Å². The van der Waals surface area contributed by atoms with Gasteiger partial charge in [-0.3, -0.25) is 9.59 Å². The van der Waals surface area contributed by atoms with Gasteiger partial charge in [0.1, 0.15) is 5.75 Å². The fourth-order valence-electron chi connectivity index (χ4n) is 12.1. The molecule has 0 spiro atoms. The maximum Gasteiger partial charge on any atom is 0.165 e. The number of phenols is 2. The number of hydrogen-bond acceptors (Lipinski definition) is 11. The molecule has 9 N–H and O–H groups in total. The van der Waals surface area contributed by atoms with Gasteiger partial charge in [0.2, 0.25) is 0 Å². The number of phenolic OH excluding ortho intramolecular Hbond substituents is 2. The zero-order valence-corrected chi connectivity index (χ0v) is 39.9. The van der Waals surface area contributed by atoms with Crippen LogP contribution in [0, 0.1) is 34.5 Å². The van der Waals surface area contributed by atoms with E-state index in [1.165, 1.54) is 12.8 Å². The minimum atomic E-state index is -0.786. The van der Waals surface area contributed by atoms with Gasteiger partial charge in [-0.25, -0.2) is 0 Å². The second-order valence-corrected chi connectivity index (χ2v) is 22.5. The highest BCUT2D eigenvalue weighted by Crippen LogP contribution is 2.64. The molecule has 3 fully saturated rings. The molecule has 354 valence electrons. The fourth-order valence-corrected chi connectivity index (χ4v) is 14.9. The lowest BCUT2D eigenvalue weighted by Gasteiger charge is -2.44. The van der Waals surface area contributed by atoms with Gasteiger partial charge in [-0.05, 0) is 139 Å². The second-order valence-electron chi connectivity index (χ2n) is 20.1. The van der Waals surface area contributed by atoms with Crippen molar-refractivity contribution < 1.29 is 34.8 Å². The number of Topliss-reactive ketones (excluding diaryl/α,β-unsaturated/α-hetero) is 1. The number of hydrogen-bond donors (Lipinski definition) is 7. The number of carbonyl (C=O) groups excluding carboxylic acids is 2. The van der Waals surface area contributed by atoms with Crippen LogP contribution < -0.4 is 16.2 Å². The van der Waals surface area contributed by atoms with Crippen molar-refractivity contribution >= 4 is 33.2 Å². The summed E-state index contributed by atoms with van der Waals surface area (Å²) in [6.07, 6.45) is 16.3. The summed E-state index contributed by atoms with van der Waals surface area (Å²) in [5.74, 6) is 8.47. The molecular formula is C55H65N3O7S2. The van der Waals surface area contributed by atoms with Crippen molar-refractivity contribution in [1.29, 1.82) is 0 Å². The molecule has 4 aliphatic carbocycles. The van der Waals surface area contributed by atoms with Gasteiger partial charge < -0.3 is 41.6 Å². The summed E-state index contributed by atoms with van der Waals surface area (Å²) in [6.45, 7) is 0.230. The minimum Gasteiger partial charge on any atom is -0.508 e. The molecule has 12 heteroatoms. The number of ether oxygens (including phenoxy) is 1. The molecule has 5 aliphatic rings. The molecule has 4 aromatic rings. The fraction of sp³-hybridized carbons (Fsp3) is 0.491. The largest absolute Gasteiger partial charge is 0.508 e. The highest BCUT2D eigenvalue weighted by molar-refractivity contribution is 8.76. The van der Waals surface area contributed by atoms with Gasteiger partial charge in [0, 0.05) is 70.7 Å². The molecule has 1 aliphatic heterocycles. The standard InChI is InChI=1S/C55H65N3O7S2/c56-53(57)43-27-37-7-3-9-46-41(19-23-58-46)50(63)29-44-42(37)28-38(43)31-66-67-33-55-21-17-39(8-4-10-47(60)36-5-1-2-6-36)54(32-55,30-52(55)64)22-18-40(59)14-11-34-13-16-49(62)51(26-34)65-24-20-35-12-15-48(61)45(44)25-35/h12-13,15-16,18-19,22-23,25-28,36,39,44,47,52-53,58,60-62,64H,1-2,4-6,8-11,14,17,20-21,24,29-33,56-57H2/b22-18+/t39-,44+,47-,52-,54+,55+/m0/s1. The Labute approximate surface area is 402 Å². The van der Waals surface area contributed by atoms with Crippen molar-refractivity contribution in [2.75, 3.05) is 12.4 Å². The number of carbonyl (C=O) groups is 2. The highest BCUT2D eigenvalue weighted by atomic mass is 33.1. The molecule has 3 aromatic carbocycles. The Morgan fingerprint density at radius 1 is 0.925 bits per heavy atom. The molecule has 2 heterocycles. The van der Waals surface area contributed by atoms with Gasteiger partial charge in [0.05, 0.1) is 31.4 Å². The Kier molecular flexibility index (Phi) is 14.6. The van der Waals surface area contributed by atoms with E-state index in [4.69, 9.17) is 16.2 Å². The van der Waals surface area contributed by atoms with Crippen LogP contribution in [-0.4, -0.2) is 61.5 Å². The first kappa shape index (κ1) is 47.6. The van der Waals surface area contributed by atoms with Crippen LogP contribution in [-0.2, 0) is 29.8 Å². The normalized spacial score (nSPS) is 26.9. The van der Waals surface area contributed by atoms with E-state index < -0.39 is 18.2 Å². The van der Waals surface area contributed by atoms with Crippen LogP contribution in [0.5, 0.6) is 17.2 Å². The van der Waals surface area contributed by atoms with Crippen molar-refractivity contribution in [2.45, 2.75) is 133 Å². The van der Waals surface area contributed by atoms with Crippen LogP contribution in [0.4, 0.5) is 0 Å². The number of rotatable bonds is 6. The predicted octanol–water partition coefficient (Wildman–Crippen LogP) is 9.49. The molecule has 0 radical (unpaired) electrons. The first-order chi connectivity index (χ1) is 32.4. The lowest BCUT2D eigenvalue weighted by molar-refractivity contribution is -0.114. The average molecular weight is 944 g/mol. The molecule has 0 saturated heterocycles. The number of aromatic hydroxyl groups is 2. The molecule has 67 heavy (non-hydrogen) atoms. The Hall–Kier alpha value is -4.48. The predicted molar refractivity (Wildman–Crippen MR) is 266 cm³/mol. The number of nitrogens with two attached hydrogens (primary N) is 2. The molecule has 10 nitrogen and oxygen atoms in total. The third kappa shape index (κ3) is 10.4. The number of aromatic amines is 1. The zero-order chi connectivity index (χ0) is 46.7. The number of fused-ring (bicyclic) bond motifs is 7. The molecule has 3 saturated carbocycles. The second kappa shape index (κ2) is 20.6. The van der Waals surface area contributed by atoms with Crippen LogP contribution >= 0.6 is 21.6 Å². The summed E-state index contributed by atoms with van der Waals surface area (Å²) in [7, 11) is 3.45. The highest BCUT2D eigenvalue weighted by Gasteiger charge is 2.58. The van der Waals surface area contributed by atoms with Crippen molar-refractivity contribution in [3.05, 3.63) is 123 Å². The maximum atomic E-state index is 14.2. The summed E-state index contributed by atoms with van der Waals surface area (Å²) >= 11 is 0. The lowest BCUT2D eigenvalue weighted by Crippen LogP contribution is -2.38. The number of ketones is 2. The van der Waals surface area contributed by atoms with Gasteiger partial charge in [0.25, 0.3) is 0 Å². The Bertz CT molecular complexity index is 2560. The molecule has 8 bridgehead atoms. The molecule has 0 amide bonds. The van der Waals surface area contributed by atoms with Crippen molar-refractivity contribution in [2.24, 2.45) is 34.1 Å². The number of H-pyrrole nitrogens is 1. The number of benzene rings is 3. The summed E-state index contributed by atoms with van der Waals surface area (Å²) in [5, 5.41) is 45.5. The van der Waals surface area contributed by atoms with Gasteiger partial charge in [-0.2, -0.15) is 0 Å². The van der Waals surface area contributed by atoms with E-state index in [1.807, 2.05) is 24.3 Å². The Morgan fingerprint density at radius 3 is 2.55 bits per heavy atom. The maximum absolute atomic E-state index is 14.2. The minimum absolute atomic E-state index is 0.00533. The average Bonchev–Trinajstić information content (AvgIpc) is 4.08. The van der Waals surface area contributed by atoms with E-state index >= 15 is 0 Å². The third-order valence-corrected chi connectivity index (χ3v) is 18.4. The van der Waals surface area contributed by atoms with Crippen LogP contribution in [0.15, 0.2) is 72.9 Å². The summed E-state index contributed by atoms with van der Waals surface area (Å²) in [5.41, 5.74) is 19.2. The van der Waals surface area contributed by atoms with Gasteiger partial charge >= 0.3 is 0 Å². The Balaban J connectivity index is 1.06. The summed E-state index contributed by atoms with van der Waals surface area (Å²) in [4.78, 5) is 31.1. The van der Waals surface area contributed by atoms with E-state index in [9.17, 15) is 30.0 Å². The van der Waals surface area contributed by atoms with E-state index in [0.29, 0.717) is 72.1 Å². The number of aliphatic hydroxyl groups is 2. The van der Waals surface area contributed by atoms with Crippen molar-refractivity contribution in [3.8, 4) is 29.1 Å². The van der Waals surface area contributed by atoms with Crippen LogP contribution in [0.2, 0.25) is 0 Å². The number of allylic oxidation sites excluding steroid dienone is 2. The first-order valence-corrected chi connectivity index (χ1v) is 26.8. The van der Waals surface area contributed by atoms with E-state index in [2.05, 4.69) is 29.0 Å². The van der Waals surface area contributed by atoms with E-state index in [-0.39, 0.29) is 53.0 Å². The quantitative estimate of drug-likeness (QED) is 0.0554. The SMILES string of the molecule is NC(N)c1cc2c3cc1CSSC[C@]14CC[C@H](CCC[C@H](O)C5CCCC5)[C@](/C=C/C(=O)CCc5ccc(O)c(c5)OCCc5ccc(O)c(c5)[C@@H]3CC(=O)c3cc[nH]c3CC#C2)(C[C@@H]1O)C4. The molecule has 0 unspecified atom stereocenters. The molecular weight excluding hydrogens is 879 g/mol. The number of aliphatic hydroxyl groups excluding tert-OH is 2. The van der Waals surface area contributed by atoms with Crippen LogP contribution in [0.25, 0.3) is 0 Å². The van der Waals surface area contributed by atoms with Gasteiger partial charge in [-0.1, -0.05) is 83.0 Å². The smallest absolute Gasteiger partial charge is 0.165 e. The Morgan fingerprint density at radius 2 is 1.73 bits per heavy atom. The van der Waals surface area contributed by atoms with Gasteiger partial charge in [-0.15, -0.1) is 0 Å². The monoisotopic (exact) mass is 943 g/mol. The van der Waals surface area contributed by atoms with Crippen LogP contribution in [0.3, 0.4) is 0 Å². The summed E-state index contributed by atoms with van der Waals surface area (Å²) in [6, 6.07) is 16.5. The van der Waals surface area contributed by atoms with E-state index in [1.54, 1.807) is 58.1 Å². The number of aromatic nitrogens is 1.